The summed E-state index contributed by atoms with van der Waals surface area (Å²) in [4.78, 5) is 13.4. The number of nitrogens with one attached hydrogen (secondary N) is 2. The number of rotatable bonds is 6. The van der Waals surface area contributed by atoms with Crippen LogP contribution in [-0.2, 0) is 7.05 Å². The van der Waals surface area contributed by atoms with Crippen LogP contribution < -0.4 is 15.5 Å². The normalized spacial score (nSPS) is 17.0. The van der Waals surface area contributed by atoms with Crippen LogP contribution in [0.2, 0.25) is 0 Å². The summed E-state index contributed by atoms with van der Waals surface area (Å²) in [6, 6.07) is 6.73. The van der Waals surface area contributed by atoms with Crippen molar-refractivity contribution in [3.63, 3.8) is 0 Å². The predicted molar refractivity (Wildman–Crippen MR) is 114 cm³/mol. The van der Waals surface area contributed by atoms with Gasteiger partial charge in [0.1, 0.15) is 5.82 Å². The first-order valence-corrected chi connectivity index (χ1v) is 9.85. The van der Waals surface area contributed by atoms with Gasteiger partial charge in [-0.2, -0.15) is 5.10 Å². The first-order chi connectivity index (χ1) is 13.6. The summed E-state index contributed by atoms with van der Waals surface area (Å²) < 4.78 is 1.84. The molecular weight excluding hydrogens is 352 g/mol. The molecule has 1 aliphatic heterocycles. The molecule has 0 aromatic carbocycles. The number of anilines is 1. The fraction of sp³-hybridized carbons (Fsp3) is 0.550. The van der Waals surface area contributed by atoms with Crippen LogP contribution >= 0.6 is 0 Å². The van der Waals surface area contributed by atoms with Crippen LogP contribution in [0.15, 0.2) is 41.8 Å². The zero-order valence-electron chi connectivity index (χ0n) is 17.3. The summed E-state index contributed by atoms with van der Waals surface area (Å²) in [5.74, 6) is 1.92. The molecule has 1 unspecified atom stereocenters. The van der Waals surface area contributed by atoms with Gasteiger partial charge in [-0.3, -0.25) is 9.67 Å². The number of pyridine rings is 1. The van der Waals surface area contributed by atoms with Crippen molar-refractivity contribution in [1.82, 2.24) is 30.3 Å². The van der Waals surface area contributed by atoms with E-state index in [2.05, 4.69) is 61.9 Å². The largest absolute Gasteiger partial charge is 0.356 e. The minimum Gasteiger partial charge on any atom is -0.356 e. The minimum absolute atomic E-state index is 0.234. The lowest BCUT2D eigenvalue weighted by Crippen LogP contribution is -2.50. The summed E-state index contributed by atoms with van der Waals surface area (Å²) >= 11 is 0. The van der Waals surface area contributed by atoms with E-state index in [-0.39, 0.29) is 6.04 Å². The van der Waals surface area contributed by atoms with Crippen molar-refractivity contribution in [2.24, 2.45) is 12.0 Å². The van der Waals surface area contributed by atoms with Crippen LogP contribution in [0.3, 0.4) is 0 Å². The van der Waals surface area contributed by atoms with E-state index >= 15 is 0 Å². The highest BCUT2D eigenvalue weighted by Crippen LogP contribution is 2.18. The number of hydrogen-bond acceptors (Lipinski definition) is 5. The summed E-state index contributed by atoms with van der Waals surface area (Å²) in [5, 5.41) is 11.4. The van der Waals surface area contributed by atoms with E-state index < -0.39 is 0 Å². The van der Waals surface area contributed by atoms with Gasteiger partial charge in [-0.05, 0) is 39.1 Å². The van der Waals surface area contributed by atoms with Gasteiger partial charge >= 0.3 is 0 Å². The van der Waals surface area contributed by atoms with E-state index in [1.807, 2.05) is 43.3 Å². The molecule has 2 aromatic heterocycles. The van der Waals surface area contributed by atoms with Gasteiger partial charge < -0.3 is 20.4 Å². The maximum absolute atomic E-state index is 4.46. The number of hydrogen-bond donors (Lipinski definition) is 2. The average molecular weight is 385 g/mol. The molecule has 1 aliphatic rings. The minimum atomic E-state index is 0.234. The maximum Gasteiger partial charge on any atom is 0.191 e. The molecule has 0 radical (unpaired) electrons. The third-order valence-electron chi connectivity index (χ3n) is 5.23. The Morgan fingerprint density at radius 2 is 2.11 bits per heavy atom. The van der Waals surface area contributed by atoms with Gasteiger partial charge in [-0.15, -0.1) is 0 Å². The Kier molecular flexibility index (Phi) is 6.86. The second-order valence-corrected chi connectivity index (χ2v) is 7.47. The van der Waals surface area contributed by atoms with E-state index in [4.69, 9.17) is 0 Å². The van der Waals surface area contributed by atoms with Gasteiger partial charge in [0.15, 0.2) is 5.96 Å². The van der Waals surface area contributed by atoms with Crippen LogP contribution in [0.5, 0.6) is 0 Å². The quantitative estimate of drug-likeness (QED) is 0.577. The summed E-state index contributed by atoms with van der Waals surface area (Å²) in [7, 11) is 7.94. The van der Waals surface area contributed by atoms with Gasteiger partial charge in [0, 0.05) is 57.7 Å². The van der Waals surface area contributed by atoms with Gasteiger partial charge in [-0.25, -0.2) is 4.98 Å². The lowest BCUT2D eigenvalue weighted by Gasteiger charge is -2.34. The molecular formula is C20H32N8. The first-order valence-electron chi connectivity index (χ1n) is 9.85. The second-order valence-electron chi connectivity index (χ2n) is 7.47. The lowest BCUT2D eigenvalue weighted by molar-refractivity contribution is 0.297. The third kappa shape index (κ3) is 5.22. The molecule has 1 fully saturated rings. The number of aliphatic imine (C=N–C) groups is 1. The Hall–Kier alpha value is -2.61. The van der Waals surface area contributed by atoms with Crippen molar-refractivity contribution in [3.05, 3.63) is 42.4 Å². The zero-order chi connectivity index (χ0) is 19.9. The molecule has 8 nitrogen and oxygen atoms in total. The molecule has 2 aromatic rings. The lowest BCUT2D eigenvalue weighted by atomic mass is 10.1. The molecule has 28 heavy (non-hydrogen) atoms. The van der Waals surface area contributed by atoms with Crippen LogP contribution in [-0.4, -0.2) is 72.4 Å². The molecule has 0 saturated carbocycles. The Morgan fingerprint density at radius 1 is 1.32 bits per heavy atom. The summed E-state index contributed by atoms with van der Waals surface area (Å²) in [5.41, 5.74) is 1.19. The van der Waals surface area contributed by atoms with Gasteiger partial charge in [0.25, 0.3) is 0 Å². The van der Waals surface area contributed by atoms with Gasteiger partial charge in [-0.1, -0.05) is 6.07 Å². The fourth-order valence-electron chi connectivity index (χ4n) is 3.59. The topological polar surface area (TPSA) is 73.6 Å². The van der Waals surface area contributed by atoms with E-state index in [1.165, 1.54) is 5.56 Å². The Labute approximate surface area is 167 Å². The number of nitrogens with zero attached hydrogens (tertiary/aromatic N) is 6. The van der Waals surface area contributed by atoms with E-state index in [1.54, 1.807) is 0 Å². The highest BCUT2D eigenvalue weighted by molar-refractivity contribution is 5.80. The predicted octanol–water partition coefficient (Wildman–Crippen LogP) is 1.25. The van der Waals surface area contributed by atoms with Crippen molar-refractivity contribution in [2.45, 2.75) is 24.9 Å². The molecule has 0 bridgehead atoms. The Bertz CT molecular complexity index is 747. The number of aromatic nitrogens is 3. The van der Waals surface area contributed by atoms with Crippen molar-refractivity contribution >= 4 is 11.8 Å². The number of guanidine groups is 1. The molecule has 1 saturated heterocycles. The summed E-state index contributed by atoms with van der Waals surface area (Å²) in [6.45, 7) is 2.77. The van der Waals surface area contributed by atoms with Crippen LogP contribution in [0, 0.1) is 0 Å². The second kappa shape index (κ2) is 9.54. The highest BCUT2D eigenvalue weighted by Gasteiger charge is 2.22. The number of aryl methyl sites for hydroxylation is 1. The molecule has 0 aliphatic carbocycles. The SMILES string of the molecule is CN=C(NCC(c1cnn(C)c1)N(C)C)NC1CCN(c2ccccn2)CC1. The van der Waals surface area contributed by atoms with Crippen molar-refractivity contribution in [3.8, 4) is 0 Å². The third-order valence-corrected chi connectivity index (χ3v) is 5.23. The molecule has 0 amide bonds. The van der Waals surface area contributed by atoms with Gasteiger partial charge in [0.2, 0.25) is 0 Å². The standard InChI is InChI=1S/C20H32N8/c1-21-20(23-14-18(26(2)3)16-13-24-27(4)15-16)25-17-8-11-28(12-9-17)19-7-5-6-10-22-19/h5-7,10,13,15,17-18H,8-9,11-12,14H2,1-4H3,(H2,21,23,25). The molecule has 0 spiro atoms. The van der Waals surface area contributed by atoms with Crippen molar-refractivity contribution < 1.29 is 0 Å². The molecule has 1 atom stereocenters. The Morgan fingerprint density at radius 3 is 2.68 bits per heavy atom. The van der Waals surface area contributed by atoms with Crippen LogP contribution in [0.25, 0.3) is 0 Å². The van der Waals surface area contributed by atoms with E-state index in [9.17, 15) is 0 Å². The molecule has 3 heterocycles. The molecule has 3 rings (SSSR count). The van der Waals surface area contributed by atoms with Crippen LogP contribution in [0.4, 0.5) is 5.82 Å². The van der Waals surface area contributed by atoms with Crippen molar-refractivity contribution in [2.75, 3.05) is 45.7 Å². The highest BCUT2D eigenvalue weighted by atomic mass is 15.3. The van der Waals surface area contributed by atoms with E-state index in [0.29, 0.717) is 6.04 Å². The molecule has 2 N–H and O–H groups in total. The summed E-state index contributed by atoms with van der Waals surface area (Å²) in [6.07, 6.45) is 7.98. The maximum atomic E-state index is 4.46. The first kappa shape index (κ1) is 20.1. The monoisotopic (exact) mass is 384 g/mol. The smallest absolute Gasteiger partial charge is 0.191 e. The zero-order valence-corrected chi connectivity index (χ0v) is 17.3. The van der Waals surface area contributed by atoms with E-state index in [0.717, 1.165) is 44.3 Å². The average Bonchev–Trinajstić information content (AvgIpc) is 3.14. The molecule has 152 valence electrons. The number of piperidine rings is 1. The Balaban J connectivity index is 1.49. The van der Waals surface area contributed by atoms with Crippen molar-refractivity contribution in [1.29, 1.82) is 0 Å². The fourth-order valence-corrected chi connectivity index (χ4v) is 3.59. The van der Waals surface area contributed by atoms with Gasteiger partial charge in [0.05, 0.1) is 12.2 Å². The molecule has 8 heteroatoms. The van der Waals surface area contributed by atoms with Crippen LogP contribution in [0.1, 0.15) is 24.4 Å². The number of likely N-dealkylation sites (N-methyl/N-ethyl adjacent to an activating group) is 1.